The molecule has 0 atom stereocenters. The molecule has 0 aliphatic heterocycles. The first kappa shape index (κ1) is 15.8. The molecule has 0 bridgehead atoms. The molecular weight excluding hydrogens is 316 g/mol. The van der Waals surface area contributed by atoms with Gasteiger partial charge in [0.2, 0.25) is 0 Å². The number of thiocarbonyl (C=S) groups is 1. The highest BCUT2D eigenvalue weighted by atomic mass is 32.1. The van der Waals surface area contributed by atoms with Crippen LogP contribution in [0.2, 0.25) is 0 Å². The van der Waals surface area contributed by atoms with E-state index in [1.807, 2.05) is 42.5 Å². The number of rotatable bonds is 4. The summed E-state index contributed by atoms with van der Waals surface area (Å²) >= 11 is 5.17. The predicted molar refractivity (Wildman–Crippen MR) is 103 cm³/mol. The monoisotopic (exact) mass is 332 g/mol. The molecule has 3 aromatic rings. The van der Waals surface area contributed by atoms with E-state index in [2.05, 4.69) is 45.1 Å². The highest BCUT2D eigenvalue weighted by Crippen LogP contribution is 2.18. The van der Waals surface area contributed by atoms with Gasteiger partial charge in [-0.1, -0.05) is 54.6 Å². The van der Waals surface area contributed by atoms with Crippen molar-refractivity contribution in [2.75, 3.05) is 5.32 Å². The molecule has 0 amide bonds. The maximum Gasteiger partial charge on any atom is 0.191 e. The molecule has 24 heavy (non-hydrogen) atoms. The quantitative estimate of drug-likeness (QED) is 0.429. The smallest absolute Gasteiger partial charge is 0.191 e. The van der Waals surface area contributed by atoms with Crippen molar-refractivity contribution in [3.63, 3.8) is 0 Å². The van der Waals surface area contributed by atoms with Crippen molar-refractivity contribution in [2.45, 2.75) is 0 Å². The summed E-state index contributed by atoms with van der Waals surface area (Å²) in [4.78, 5) is 4.01. The van der Waals surface area contributed by atoms with Crippen LogP contribution in [0.4, 0.5) is 5.69 Å². The van der Waals surface area contributed by atoms with Crippen molar-refractivity contribution in [1.82, 2.24) is 10.4 Å². The van der Waals surface area contributed by atoms with E-state index in [-0.39, 0.29) is 0 Å². The Morgan fingerprint density at radius 2 is 1.67 bits per heavy atom. The Morgan fingerprint density at radius 1 is 0.917 bits per heavy atom. The molecule has 0 aliphatic rings. The van der Waals surface area contributed by atoms with Gasteiger partial charge in [0.15, 0.2) is 5.11 Å². The third-order valence-electron chi connectivity index (χ3n) is 3.32. The van der Waals surface area contributed by atoms with Gasteiger partial charge in [-0.2, -0.15) is 5.10 Å². The molecule has 0 saturated carbocycles. The maximum atomic E-state index is 5.17. The minimum Gasteiger partial charge on any atom is -0.330 e. The molecule has 0 radical (unpaired) electrons. The number of nitrogens with one attached hydrogen (secondary N) is 2. The summed E-state index contributed by atoms with van der Waals surface area (Å²) in [6.45, 7) is 0. The topological polar surface area (TPSA) is 49.3 Å². The zero-order chi connectivity index (χ0) is 16.6. The van der Waals surface area contributed by atoms with Gasteiger partial charge in [0.05, 0.1) is 18.1 Å². The molecule has 0 aliphatic carbocycles. The minimum absolute atomic E-state index is 0.417. The van der Waals surface area contributed by atoms with Gasteiger partial charge in [0.25, 0.3) is 0 Å². The summed E-state index contributed by atoms with van der Waals surface area (Å²) in [5, 5.41) is 7.56. The van der Waals surface area contributed by atoms with Gasteiger partial charge in [0.1, 0.15) is 0 Å². The molecule has 4 nitrogen and oxygen atoms in total. The predicted octanol–water partition coefficient (Wildman–Crippen LogP) is 4.07. The lowest BCUT2D eigenvalue weighted by Gasteiger charge is -2.05. The Bertz CT molecular complexity index is 815. The minimum atomic E-state index is 0.417. The molecule has 3 rings (SSSR count). The van der Waals surface area contributed by atoms with Crippen molar-refractivity contribution in [2.24, 2.45) is 5.10 Å². The van der Waals surface area contributed by atoms with E-state index in [4.69, 9.17) is 12.2 Å². The molecular formula is C19H16N4S. The Morgan fingerprint density at radius 3 is 2.38 bits per heavy atom. The summed E-state index contributed by atoms with van der Waals surface area (Å²) < 4.78 is 0. The van der Waals surface area contributed by atoms with Crippen LogP contribution in [0.1, 0.15) is 5.56 Å². The fraction of sp³-hybridized carbons (Fsp3) is 0. The zero-order valence-electron chi connectivity index (χ0n) is 12.9. The summed E-state index contributed by atoms with van der Waals surface area (Å²) in [5.41, 5.74) is 6.97. The van der Waals surface area contributed by atoms with E-state index in [9.17, 15) is 0 Å². The largest absolute Gasteiger partial charge is 0.330 e. The lowest BCUT2D eigenvalue weighted by molar-refractivity contribution is 1.05. The lowest BCUT2D eigenvalue weighted by atomic mass is 10.0. The number of anilines is 1. The molecule has 2 N–H and O–H groups in total. The van der Waals surface area contributed by atoms with Crippen LogP contribution in [0.25, 0.3) is 11.1 Å². The van der Waals surface area contributed by atoms with Gasteiger partial charge in [0, 0.05) is 6.20 Å². The van der Waals surface area contributed by atoms with Crippen LogP contribution in [0, 0.1) is 0 Å². The highest BCUT2D eigenvalue weighted by Gasteiger charge is 1.97. The van der Waals surface area contributed by atoms with E-state index in [0.717, 1.165) is 11.3 Å². The number of hydrogen-bond donors (Lipinski definition) is 2. The van der Waals surface area contributed by atoms with E-state index >= 15 is 0 Å². The van der Waals surface area contributed by atoms with E-state index in [0.29, 0.717) is 5.11 Å². The van der Waals surface area contributed by atoms with Crippen molar-refractivity contribution >= 4 is 29.2 Å². The average Bonchev–Trinajstić information content (AvgIpc) is 2.64. The average molecular weight is 332 g/mol. The van der Waals surface area contributed by atoms with Crippen LogP contribution < -0.4 is 10.7 Å². The third-order valence-corrected chi connectivity index (χ3v) is 3.51. The van der Waals surface area contributed by atoms with Gasteiger partial charge >= 0.3 is 0 Å². The number of aromatic nitrogens is 1. The number of nitrogens with zero attached hydrogens (tertiary/aromatic N) is 2. The summed E-state index contributed by atoms with van der Waals surface area (Å²) in [5.74, 6) is 0. The second kappa shape index (κ2) is 7.99. The molecule has 1 heterocycles. The molecule has 0 spiro atoms. The lowest BCUT2D eigenvalue weighted by Crippen LogP contribution is -2.23. The number of hydrogen-bond acceptors (Lipinski definition) is 3. The van der Waals surface area contributed by atoms with Crippen LogP contribution >= 0.6 is 12.2 Å². The second-order valence-electron chi connectivity index (χ2n) is 5.05. The molecule has 0 unspecified atom stereocenters. The van der Waals surface area contributed by atoms with E-state index in [1.54, 1.807) is 18.6 Å². The number of pyridine rings is 1. The third kappa shape index (κ3) is 4.47. The second-order valence-corrected chi connectivity index (χ2v) is 5.46. The van der Waals surface area contributed by atoms with Crippen LogP contribution in [0.3, 0.4) is 0 Å². The Kier molecular flexibility index (Phi) is 5.27. The summed E-state index contributed by atoms with van der Waals surface area (Å²) in [6.07, 6.45) is 5.13. The van der Waals surface area contributed by atoms with E-state index in [1.165, 1.54) is 11.1 Å². The molecule has 1 aromatic heterocycles. The van der Waals surface area contributed by atoms with Crippen molar-refractivity contribution in [3.05, 3.63) is 84.7 Å². The Labute approximate surface area is 146 Å². The standard InChI is InChI=1S/C19H16N4S/c24-19(22-18-7-4-12-20-14-18)23-21-13-15-8-10-17(11-9-15)16-5-2-1-3-6-16/h1-14H,(H2,22,23,24)/b21-13+. The van der Waals surface area contributed by atoms with E-state index < -0.39 is 0 Å². The van der Waals surface area contributed by atoms with Gasteiger partial charge in [-0.3, -0.25) is 10.4 Å². The molecule has 0 saturated heterocycles. The van der Waals surface area contributed by atoms with Gasteiger partial charge in [-0.15, -0.1) is 0 Å². The first-order valence-corrected chi connectivity index (χ1v) is 7.88. The SMILES string of the molecule is S=C(N/N=C/c1ccc(-c2ccccc2)cc1)Nc1cccnc1. The molecule has 0 fully saturated rings. The molecule has 5 heteroatoms. The highest BCUT2D eigenvalue weighted by molar-refractivity contribution is 7.80. The van der Waals surface area contributed by atoms with Crippen LogP contribution in [0.15, 0.2) is 84.2 Å². The summed E-state index contributed by atoms with van der Waals surface area (Å²) in [6, 6.07) is 22.2. The van der Waals surface area contributed by atoms with Crippen molar-refractivity contribution in [1.29, 1.82) is 0 Å². The molecule has 2 aromatic carbocycles. The first-order valence-electron chi connectivity index (χ1n) is 7.47. The fourth-order valence-electron chi connectivity index (χ4n) is 2.15. The van der Waals surface area contributed by atoms with Crippen LogP contribution in [0.5, 0.6) is 0 Å². The van der Waals surface area contributed by atoms with Crippen LogP contribution in [-0.2, 0) is 0 Å². The van der Waals surface area contributed by atoms with Crippen LogP contribution in [-0.4, -0.2) is 16.3 Å². The van der Waals surface area contributed by atoms with Crippen molar-refractivity contribution in [3.8, 4) is 11.1 Å². The number of benzene rings is 2. The van der Waals surface area contributed by atoms with Gasteiger partial charge < -0.3 is 5.32 Å². The normalized spacial score (nSPS) is 10.5. The van der Waals surface area contributed by atoms with Crippen molar-refractivity contribution < 1.29 is 0 Å². The zero-order valence-corrected chi connectivity index (χ0v) is 13.7. The number of hydrazone groups is 1. The fourth-order valence-corrected chi connectivity index (χ4v) is 2.32. The Hall–Kier alpha value is -3.05. The Balaban J connectivity index is 1.56. The molecule has 118 valence electrons. The first-order chi connectivity index (χ1) is 11.8. The van der Waals surface area contributed by atoms with Gasteiger partial charge in [-0.05, 0) is 41.0 Å². The summed E-state index contributed by atoms with van der Waals surface area (Å²) in [7, 11) is 0. The maximum absolute atomic E-state index is 5.17. The van der Waals surface area contributed by atoms with Gasteiger partial charge in [-0.25, -0.2) is 0 Å².